The molecule has 1 saturated heterocycles. The normalized spacial score (nSPS) is 16.7. The first kappa shape index (κ1) is 26.4. The lowest BCUT2D eigenvalue weighted by atomic mass is 9.85. The van der Waals surface area contributed by atoms with E-state index in [-0.39, 0.29) is 23.1 Å². The summed E-state index contributed by atoms with van der Waals surface area (Å²) in [4.78, 5) is 30.3. The van der Waals surface area contributed by atoms with Gasteiger partial charge in [-0.15, -0.1) is 0 Å². The van der Waals surface area contributed by atoms with Crippen LogP contribution in [-0.4, -0.2) is 54.7 Å². The van der Waals surface area contributed by atoms with Gasteiger partial charge in [0.1, 0.15) is 25.0 Å². The maximum atomic E-state index is 13.8. The third-order valence-corrected chi connectivity index (χ3v) is 7.08. The van der Waals surface area contributed by atoms with E-state index in [9.17, 15) is 18.4 Å². The highest BCUT2D eigenvalue weighted by Gasteiger charge is 2.41. The molecule has 192 valence electrons. The number of carbonyl (C=O) groups is 2. The summed E-state index contributed by atoms with van der Waals surface area (Å²) in [6.45, 7) is 6.84. The molecule has 6 nitrogen and oxygen atoms in total. The summed E-state index contributed by atoms with van der Waals surface area (Å²) in [5, 5.41) is 6.32. The Morgan fingerprint density at radius 1 is 1.24 bits per heavy atom. The van der Waals surface area contributed by atoms with Crippen molar-refractivity contribution in [2.45, 2.75) is 44.6 Å². The number of carbonyl (C=O) groups excluding carboxylic acids is 2. The van der Waals surface area contributed by atoms with Gasteiger partial charge in [0.2, 0.25) is 11.8 Å². The zero-order valence-electron chi connectivity index (χ0n) is 21.0. The first-order valence-corrected chi connectivity index (χ1v) is 12.5. The van der Waals surface area contributed by atoms with Gasteiger partial charge in [-0.3, -0.25) is 9.59 Å². The van der Waals surface area contributed by atoms with Crippen LogP contribution in [0.5, 0.6) is 0 Å². The van der Waals surface area contributed by atoms with Crippen molar-refractivity contribution in [3.8, 4) is 0 Å². The van der Waals surface area contributed by atoms with E-state index < -0.39 is 11.4 Å². The second-order valence-electron chi connectivity index (χ2n) is 9.66. The SMILES string of the molecule is [B]c1cc(/C=C/C(=C)NC2(C(=O)NCCc3c[nH]c4c3C=C(F)CC4)CCN(C(C)=O)CC2)ccc1F. The van der Waals surface area contributed by atoms with Crippen LogP contribution >= 0.6 is 0 Å². The number of aromatic nitrogens is 1. The van der Waals surface area contributed by atoms with Crippen molar-refractivity contribution in [3.05, 3.63) is 76.8 Å². The minimum absolute atomic E-state index is 0.0286. The molecule has 2 amide bonds. The van der Waals surface area contributed by atoms with Crippen LogP contribution in [0, 0.1) is 5.82 Å². The van der Waals surface area contributed by atoms with Crippen LogP contribution in [0.4, 0.5) is 8.78 Å². The smallest absolute Gasteiger partial charge is 0.245 e. The van der Waals surface area contributed by atoms with E-state index in [0.29, 0.717) is 63.0 Å². The largest absolute Gasteiger partial charge is 0.372 e. The second kappa shape index (κ2) is 11.2. The molecule has 0 saturated carbocycles. The summed E-state index contributed by atoms with van der Waals surface area (Å²) in [5.74, 6) is -0.822. The lowest BCUT2D eigenvalue weighted by molar-refractivity contribution is -0.135. The highest BCUT2D eigenvalue weighted by atomic mass is 19.1. The molecule has 1 aliphatic heterocycles. The van der Waals surface area contributed by atoms with Crippen LogP contribution in [0.3, 0.4) is 0 Å². The monoisotopic (exact) mass is 504 g/mol. The molecule has 1 aromatic carbocycles. The molecule has 2 heterocycles. The van der Waals surface area contributed by atoms with E-state index in [1.54, 1.807) is 29.2 Å². The highest BCUT2D eigenvalue weighted by Crippen LogP contribution is 2.28. The summed E-state index contributed by atoms with van der Waals surface area (Å²) >= 11 is 0. The minimum Gasteiger partial charge on any atom is -0.372 e. The highest BCUT2D eigenvalue weighted by molar-refractivity contribution is 6.32. The number of aryl methyl sites for hydroxylation is 1. The molecular formula is C28H31BF2N4O2. The van der Waals surface area contributed by atoms with Crippen molar-refractivity contribution >= 4 is 37.3 Å². The van der Waals surface area contributed by atoms with E-state index in [1.165, 1.54) is 19.1 Å². The van der Waals surface area contributed by atoms with Crippen molar-refractivity contribution in [2.24, 2.45) is 0 Å². The standard InChI is InChI=1S/C28H31BF2N4O2/c1-18(3-4-20-5-7-25(31)24(29)15-20)34-28(10-13-35(14-11-28)19(2)36)27(37)32-12-9-21-17-33-26-8-6-22(30)16-23(21)26/h3-5,7,15-17,33-34H,1,6,8-14H2,2H3,(H,32,37)/b4-3+. The third-order valence-electron chi connectivity index (χ3n) is 7.08. The Balaban J connectivity index is 1.43. The molecular weight excluding hydrogens is 473 g/mol. The molecule has 0 unspecified atom stereocenters. The fourth-order valence-corrected chi connectivity index (χ4v) is 4.89. The molecule has 0 atom stereocenters. The molecule has 0 spiro atoms. The number of likely N-dealkylation sites (tertiary alicyclic amines) is 1. The van der Waals surface area contributed by atoms with Crippen LogP contribution in [0.1, 0.15) is 48.6 Å². The Hall–Kier alpha value is -3.62. The van der Waals surface area contributed by atoms with Crippen molar-refractivity contribution in [3.63, 3.8) is 0 Å². The number of rotatable bonds is 8. The lowest BCUT2D eigenvalue weighted by Gasteiger charge is -2.41. The Kier molecular flexibility index (Phi) is 8.00. The fraction of sp³-hybridized carbons (Fsp3) is 0.357. The van der Waals surface area contributed by atoms with Gasteiger partial charge in [0.05, 0.1) is 0 Å². The minimum atomic E-state index is -0.946. The van der Waals surface area contributed by atoms with Crippen LogP contribution in [0.25, 0.3) is 12.2 Å². The van der Waals surface area contributed by atoms with Gasteiger partial charge in [-0.25, -0.2) is 8.78 Å². The molecule has 2 radical (unpaired) electrons. The number of nitrogens with zero attached hydrogens (tertiary/aromatic N) is 1. The topological polar surface area (TPSA) is 77.2 Å². The van der Waals surface area contributed by atoms with Gasteiger partial charge in [0.25, 0.3) is 0 Å². The molecule has 3 N–H and O–H groups in total. The Bertz CT molecular complexity index is 1260. The number of allylic oxidation sites excluding steroid dienone is 2. The molecule has 1 aliphatic carbocycles. The van der Waals surface area contributed by atoms with Gasteiger partial charge in [0.15, 0.2) is 0 Å². The van der Waals surface area contributed by atoms with Crippen molar-refractivity contribution in [1.29, 1.82) is 0 Å². The lowest BCUT2D eigenvalue weighted by Crippen LogP contribution is -2.62. The number of amides is 2. The van der Waals surface area contributed by atoms with Crippen molar-refractivity contribution < 1.29 is 18.4 Å². The Morgan fingerprint density at radius 2 is 2.00 bits per heavy atom. The van der Waals surface area contributed by atoms with Gasteiger partial charge in [-0.1, -0.05) is 30.3 Å². The van der Waals surface area contributed by atoms with E-state index in [1.807, 2.05) is 6.20 Å². The van der Waals surface area contributed by atoms with Crippen LogP contribution in [0.2, 0.25) is 0 Å². The fourth-order valence-electron chi connectivity index (χ4n) is 4.89. The summed E-state index contributed by atoms with van der Waals surface area (Å²) in [5.41, 5.74) is 3.17. The van der Waals surface area contributed by atoms with Gasteiger partial charge in [0, 0.05) is 56.1 Å². The quantitative estimate of drug-likeness (QED) is 0.382. The summed E-state index contributed by atoms with van der Waals surface area (Å²) < 4.78 is 27.2. The van der Waals surface area contributed by atoms with Crippen LogP contribution < -0.4 is 16.1 Å². The van der Waals surface area contributed by atoms with Crippen molar-refractivity contribution in [2.75, 3.05) is 19.6 Å². The number of hydrogen-bond acceptors (Lipinski definition) is 3. The number of piperidine rings is 1. The van der Waals surface area contributed by atoms with Gasteiger partial charge < -0.3 is 20.5 Å². The first-order chi connectivity index (χ1) is 17.7. The Morgan fingerprint density at radius 3 is 2.70 bits per heavy atom. The molecule has 37 heavy (non-hydrogen) atoms. The number of fused-ring (bicyclic) bond motifs is 1. The number of H-pyrrole nitrogens is 1. The molecule has 1 aromatic heterocycles. The summed E-state index contributed by atoms with van der Waals surface area (Å²) in [6, 6.07) is 4.42. The van der Waals surface area contributed by atoms with Gasteiger partial charge in [-0.05, 0) is 55.0 Å². The molecule has 2 aliphatic rings. The maximum Gasteiger partial charge on any atom is 0.245 e. The summed E-state index contributed by atoms with van der Waals surface area (Å²) in [7, 11) is 5.64. The molecule has 0 bridgehead atoms. The summed E-state index contributed by atoms with van der Waals surface area (Å²) in [6.07, 6.45) is 9.34. The first-order valence-electron chi connectivity index (χ1n) is 12.5. The average Bonchev–Trinajstić information content (AvgIpc) is 3.27. The second-order valence-corrected chi connectivity index (χ2v) is 9.66. The molecule has 1 fully saturated rings. The maximum absolute atomic E-state index is 13.8. The third kappa shape index (κ3) is 6.21. The molecule has 2 aromatic rings. The number of aromatic amines is 1. The number of hydrogen-bond donors (Lipinski definition) is 3. The zero-order valence-corrected chi connectivity index (χ0v) is 21.0. The predicted molar refractivity (Wildman–Crippen MR) is 142 cm³/mol. The number of nitrogens with one attached hydrogen (secondary N) is 3. The van der Waals surface area contributed by atoms with Gasteiger partial charge in [-0.2, -0.15) is 0 Å². The Labute approximate surface area is 217 Å². The molecule has 4 rings (SSSR count). The van der Waals surface area contributed by atoms with E-state index in [0.717, 1.165) is 16.8 Å². The zero-order chi connectivity index (χ0) is 26.6. The number of halogens is 2. The van der Waals surface area contributed by atoms with E-state index in [4.69, 9.17) is 7.85 Å². The average molecular weight is 504 g/mol. The van der Waals surface area contributed by atoms with Crippen molar-refractivity contribution in [1.82, 2.24) is 20.5 Å². The molecule has 9 heteroatoms. The van der Waals surface area contributed by atoms with E-state index in [2.05, 4.69) is 22.2 Å². The van der Waals surface area contributed by atoms with Gasteiger partial charge >= 0.3 is 0 Å². The van der Waals surface area contributed by atoms with E-state index >= 15 is 0 Å². The predicted octanol–water partition coefficient (Wildman–Crippen LogP) is 3.06. The van der Waals surface area contributed by atoms with Crippen LogP contribution in [0.15, 0.2) is 48.6 Å². The van der Waals surface area contributed by atoms with Crippen LogP contribution in [-0.2, 0) is 22.4 Å². The number of benzene rings is 1.